The van der Waals surface area contributed by atoms with E-state index >= 15 is 0 Å². The van der Waals surface area contributed by atoms with Gasteiger partial charge in [-0.05, 0) is 76.6 Å². The third kappa shape index (κ3) is 5.33. The van der Waals surface area contributed by atoms with Gasteiger partial charge in [-0.15, -0.1) is 0 Å². The molecule has 2 aromatic rings. The third-order valence-electron chi connectivity index (χ3n) is 4.39. The Morgan fingerprint density at radius 1 is 0.963 bits per heavy atom. The fraction of sp³-hybridized carbons (Fsp3) is 0.364. The predicted molar refractivity (Wildman–Crippen MR) is 112 cm³/mol. The number of amides is 2. The van der Waals surface area contributed by atoms with Crippen molar-refractivity contribution in [3.8, 4) is 0 Å². The van der Waals surface area contributed by atoms with Crippen molar-refractivity contribution in [3.05, 3.63) is 59.2 Å². The zero-order valence-corrected chi connectivity index (χ0v) is 16.8. The summed E-state index contributed by atoms with van der Waals surface area (Å²) in [6.07, 6.45) is 0. The number of hydrogen-bond donors (Lipinski definition) is 2. The molecule has 5 nitrogen and oxygen atoms in total. The lowest BCUT2D eigenvalue weighted by Crippen LogP contribution is -2.30. The second-order valence-electron chi connectivity index (χ2n) is 6.83. The Bertz CT molecular complexity index is 811. The zero-order chi connectivity index (χ0) is 20.0. The largest absolute Gasteiger partial charge is 0.372 e. The molecule has 0 aliphatic carbocycles. The molecule has 0 spiro atoms. The highest BCUT2D eigenvalue weighted by Gasteiger charge is 2.13. The molecule has 2 amide bonds. The van der Waals surface area contributed by atoms with Crippen molar-refractivity contribution >= 4 is 23.2 Å². The Morgan fingerprint density at radius 2 is 1.59 bits per heavy atom. The van der Waals surface area contributed by atoms with Crippen LogP contribution in [0.15, 0.2) is 42.5 Å². The molecular weight excluding hydrogens is 338 g/mol. The summed E-state index contributed by atoms with van der Waals surface area (Å²) in [7, 11) is 0. The molecule has 0 atom stereocenters. The predicted octanol–water partition coefficient (Wildman–Crippen LogP) is 4.23. The normalized spacial score (nSPS) is 10.6. The Balaban J connectivity index is 2.17. The smallest absolute Gasteiger partial charge is 0.255 e. The van der Waals surface area contributed by atoms with Crippen LogP contribution in [-0.4, -0.2) is 30.9 Å². The maximum Gasteiger partial charge on any atom is 0.255 e. The summed E-state index contributed by atoms with van der Waals surface area (Å²) < 4.78 is 0. The first-order valence-corrected chi connectivity index (χ1v) is 9.43. The van der Waals surface area contributed by atoms with E-state index in [1.807, 2.05) is 32.9 Å². The van der Waals surface area contributed by atoms with Gasteiger partial charge in [0.25, 0.3) is 11.8 Å². The second-order valence-corrected chi connectivity index (χ2v) is 6.83. The molecule has 0 fully saturated rings. The fourth-order valence-electron chi connectivity index (χ4n) is 2.92. The van der Waals surface area contributed by atoms with E-state index in [2.05, 4.69) is 35.4 Å². The van der Waals surface area contributed by atoms with Crippen LogP contribution in [0.1, 0.15) is 54.0 Å². The van der Waals surface area contributed by atoms with Gasteiger partial charge in [0.1, 0.15) is 0 Å². The summed E-state index contributed by atoms with van der Waals surface area (Å²) in [5.41, 5.74) is 3.85. The van der Waals surface area contributed by atoms with E-state index in [0.717, 1.165) is 30.0 Å². The monoisotopic (exact) mass is 367 g/mol. The molecule has 0 aliphatic heterocycles. The molecule has 0 bridgehead atoms. The molecule has 5 heteroatoms. The molecule has 2 rings (SSSR count). The van der Waals surface area contributed by atoms with Crippen LogP contribution < -0.4 is 15.5 Å². The van der Waals surface area contributed by atoms with E-state index in [1.54, 1.807) is 24.3 Å². The van der Waals surface area contributed by atoms with Crippen LogP contribution in [0.2, 0.25) is 0 Å². The van der Waals surface area contributed by atoms with E-state index in [0.29, 0.717) is 11.1 Å². The van der Waals surface area contributed by atoms with Crippen LogP contribution in [-0.2, 0) is 0 Å². The molecule has 0 saturated heterocycles. The number of rotatable bonds is 7. The van der Waals surface area contributed by atoms with Crippen molar-refractivity contribution in [2.45, 2.75) is 40.7 Å². The van der Waals surface area contributed by atoms with Gasteiger partial charge in [-0.3, -0.25) is 9.59 Å². The summed E-state index contributed by atoms with van der Waals surface area (Å²) in [6.45, 7) is 11.9. The maximum atomic E-state index is 12.6. The molecule has 0 saturated carbocycles. The highest BCUT2D eigenvalue weighted by atomic mass is 16.2. The van der Waals surface area contributed by atoms with Crippen molar-refractivity contribution < 1.29 is 9.59 Å². The van der Waals surface area contributed by atoms with Crippen LogP contribution in [0.4, 0.5) is 11.4 Å². The molecule has 0 heterocycles. The summed E-state index contributed by atoms with van der Waals surface area (Å²) in [6, 6.07) is 12.8. The van der Waals surface area contributed by atoms with Crippen molar-refractivity contribution in [2.75, 3.05) is 23.3 Å². The van der Waals surface area contributed by atoms with Crippen molar-refractivity contribution in [1.82, 2.24) is 5.32 Å². The number of hydrogen-bond acceptors (Lipinski definition) is 3. The van der Waals surface area contributed by atoms with Gasteiger partial charge < -0.3 is 15.5 Å². The van der Waals surface area contributed by atoms with Gasteiger partial charge in [-0.1, -0.05) is 6.07 Å². The first kappa shape index (κ1) is 20.5. The lowest BCUT2D eigenvalue weighted by Gasteiger charge is -2.22. The maximum absolute atomic E-state index is 12.6. The Hall–Kier alpha value is -2.82. The molecule has 2 aromatic carbocycles. The highest BCUT2D eigenvalue weighted by molar-refractivity contribution is 6.06. The molecule has 0 aromatic heterocycles. The van der Waals surface area contributed by atoms with E-state index in [1.165, 1.54) is 0 Å². The highest BCUT2D eigenvalue weighted by Crippen LogP contribution is 2.23. The number of carbonyl (C=O) groups is 2. The summed E-state index contributed by atoms with van der Waals surface area (Å²) in [4.78, 5) is 27.1. The van der Waals surface area contributed by atoms with Crippen molar-refractivity contribution in [2.24, 2.45) is 0 Å². The van der Waals surface area contributed by atoms with E-state index in [-0.39, 0.29) is 17.9 Å². The van der Waals surface area contributed by atoms with Crippen LogP contribution >= 0.6 is 0 Å². The first-order chi connectivity index (χ1) is 12.8. The topological polar surface area (TPSA) is 61.4 Å². The summed E-state index contributed by atoms with van der Waals surface area (Å²) in [5, 5.41) is 5.78. The van der Waals surface area contributed by atoms with Crippen LogP contribution in [0.3, 0.4) is 0 Å². The molecule has 0 aliphatic rings. The van der Waals surface area contributed by atoms with E-state index in [4.69, 9.17) is 0 Å². The van der Waals surface area contributed by atoms with Crippen LogP contribution in [0.25, 0.3) is 0 Å². The SMILES string of the molecule is CCN(CC)c1ccc(NC(=O)c2cccc(C(=O)NC(C)C)c2)c(C)c1. The molecule has 27 heavy (non-hydrogen) atoms. The van der Waals surface area contributed by atoms with E-state index < -0.39 is 0 Å². The average Bonchev–Trinajstić information content (AvgIpc) is 2.64. The summed E-state index contributed by atoms with van der Waals surface area (Å²) in [5.74, 6) is -0.410. The van der Waals surface area contributed by atoms with Crippen molar-refractivity contribution in [1.29, 1.82) is 0 Å². The van der Waals surface area contributed by atoms with Gasteiger partial charge in [0.15, 0.2) is 0 Å². The Labute approximate surface area is 161 Å². The minimum Gasteiger partial charge on any atom is -0.372 e. The van der Waals surface area contributed by atoms with Gasteiger partial charge in [-0.25, -0.2) is 0 Å². The lowest BCUT2D eigenvalue weighted by molar-refractivity contribution is 0.0943. The minimum absolute atomic E-state index is 0.0435. The first-order valence-electron chi connectivity index (χ1n) is 9.43. The molecule has 144 valence electrons. The number of aryl methyl sites for hydroxylation is 1. The molecule has 0 unspecified atom stereocenters. The number of nitrogens with one attached hydrogen (secondary N) is 2. The Morgan fingerprint density at radius 3 is 2.15 bits per heavy atom. The van der Waals surface area contributed by atoms with Gasteiger partial charge in [0.05, 0.1) is 0 Å². The number of benzene rings is 2. The quantitative estimate of drug-likeness (QED) is 0.770. The van der Waals surface area contributed by atoms with Crippen molar-refractivity contribution in [3.63, 3.8) is 0 Å². The van der Waals surface area contributed by atoms with Gasteiger partial charge >= 0.3 is 0 Å². The summed E-state index contributed by atoms with van der Waals surface area (Å²) >= 11 is 0. The van der Waals surface area contributed by atoms with Crippen LogP contribution in [0, 0.1) is 6.92 Å². The number of carbonyl (C=O) groups excluding carboxylic acids is 2. The Kier molecular flexibility index (Phi) is 6.99. The second kappa shape index (κ2) is 9.21. The van der Waals surface area contributed by atoms with Crippen LogP contribution in [0.5, 0.6) is 0 Å². The molecule has 0 radical (unpaired) electrons. The van der Waals surface area contributed by atoms with Gasteiger partial charge in [0.2, 0.25) is 0 Å². The lowest BCUT2D eigenvalue weighted by atomic mass is 10.1. The van der Waals surface area contributed by atoms with E-state index in [9.17, 15) is 9.59 Å². The number of nitrogens with zero attached hydrogens (tertiary/aromatic N) is 1. The standard InChI is InChI=1S/C22H29N3O2/c1-6-25(7-2)19-11-12-20(16(5)13-19)24-22(27)18-10-8-9-17(14-18)21(26)23-15(3)4/h8-15H,6-7H2,1-5H3,(H,23,26)(H,24,27). The van der Waals surface area contributed by atoms with Gasteiger partial charge in [-0.2, -0.15) is 0 Å². The zero-order valence-electron chi connectivity index (χ0n) is 16.8. The van der Waals surface area contributed by atoms with Gasteiger partial charge in [0, 0.05) is 41.6 Å². The molecule has 2 N–H and O–H groups in total. The minimum atomic E-state index is -0.229. The average molecular weight is 367 g/mol. The fourth-order valence-corrected chi connectivity index (χ4v) is 2.92. The third-order valence-corrected chi connectivity index (χ3v) is 4.39. The number of anilines is 2. The molecular formula is C22H29N3O2.